The summed E-state index contributed by atoms with van der Waals surface area (Å²) in [6.07, 6.45) is 2.04. The van der Waals surface area contributed by atoms with Gasteiger partial charge in [0.05, 0.1) is 4.92 Å². The fourth-order valence-corrected chi connectivity index (χ4v) is 2.09. The van der Waals surface area contributed by atoms with Crippen LogP contribution in [-0.2, 0) is 0 Å². The molecule has 1 N–H and O–H groups in total. The van der Waals surface area contributed by atoms with Crippen molar-refractivity contribution in [3.8, 4) is 0 Å². The summed E-state index contributed by atoms with van der Waals surface area (Å²) in [4.78, 5) is 10.5. The average molecular weight is 278 g/mol. The summed E-state index contributed by atoms with van der Waals surface area (Å²) in [6, 6.07) is 7.17. The number of benzene rings is 1. The Bertz CT molecular complexity index is 432. The first-order chi connectivity index (χ1) is 9.45. The fraction of sp³-hybridized carbons (Fsp3) is 0.625. The van der Waals surface area contributed by atoms with Crippen LogP contribution in [-0.4, -0.2) is 11.5 Å². The number of non-ortho nitro benzene ring substituents is 1. The number of nitrogens with one attached hydrogen (secondary N) is 1. The number of hydrogen-bond acceptors (Lipinski definition) is 3. The van der Waals surface area contributed by atoms with Crippen LogP contribution < -0.4 is 5.32 Å². The molecule has 112 valence electrons. The molecule has 0 aromatic heterocycles. The summed E-state index contributed by atoms with van der Waals surface area (Å²) in [5.41, 5.74) is 1.18. The standard InChI is InChI=1S/C16H26N2O2/c1-5-7-16(17-11-13(4)12(2)3)14-8-6-9-15(10-14)18(19)20/h6,8-10,12-13,16-17H,5,7,11H2,1-4H3. The molecule has 0 spiro atoms. The molecule has 0 aliphatic rings. The van der Waals surface area contributed by atoms with E-state index in [1.54, 1.807) is 18.2 Å². The van der Waals surface area contributed by atoms with Crippen LogP contribution in [0.4, 0.5) is 5.69 Å². The molecule has 0 radical (unpaired) electrons. The Balaban J connectivity index is 2.79. The van der Waals surface area contributed by atoms with E-state index in [4.69, 9.17) is 0 Å². The molecule has 0 saturated carbocycles. The van der Waals surface area contributed by atoms with Crippen LogP contribution in [0.5, 0.6) is 0 Å². The van der Waals surface area contributed by atoms with Crippen molar-refractivity contribution in [2.45, 2.75) is 46.6 Å². The molecule has 0 aliphatic carbocycles. The molecule has 0 bridgehead atoms. The van der Waals surface area contributed by atoms with Crippen LogP contribution in [0.3, 0.4) is 0 Å². The molecule has 2 unspecified atom stereocenters. The first-order valence-electron chi connectivity index (χ1n) is 7.43. The van der Waals surface area contributed by atoms with E-state index in [1.807, 2.05) is 6.07 Å². The van der Waals surface area contributed by atoms with E-state index in [1.165, 1.54) is 0 Å². The predicted molar refractivity (Wildman–Crippen MR) is 82.8 cm³/mol. The van der Waals surface area contributed by atoms with Crippen molar-refractivity contribution in [3.05, 3.63) is 39.9 Å². The number of nitrogens with zero attached hydrogens (tertiary/aromatic N) is 1. The summed E-state index contributed by atoms with van der Waals surface area (Å²) in [7, 11) is 0. The molecule has 0 aliphatic heterocycles. The average Bonchev–Trinajstić information content (AvgIpc) is 2.43. The lowest BCUT2D eigenvalue weighted by atomic mass is 9.96. The van der Waals surface area contributed by atoms with E-state index < -0.39 is 0 Å². The Morgan fingerprint density at radius 1 is 1.30 bits per heavy atom. The molecule has 1 aromatic rings. The monoisotopic (exact) mass is 278 g/mol. The first kappa shape index (κ1) is 16.6. The summed E-state index contributed by atoms with van der Waals surface area (Å²) in [5.74, 6) is 1.22. The SMILES string of the molecule is CCCC(NCC(C)C(C)C)c1cccc([N+](=O)[O-])c1. The van der Waals surface area contributed by atoms with Crippen LogP contribution in [0, 0.1) is 22.0 Å². The molecule has 0 saturated heterocycles. The third-order valence-electron chi connectivity index (χ3n) is 3.89. The van der Waals surface area contributed by atoms with Gasteiger partial charge in [-0.1, -0.05) is 46.2 Å². The highest BCUT2D eigenvalue weighted by molar-refractivity contribution is 5.35. The zero-order chi connectivity index (χ0) is 15.1. The van der Waals surface area contributed by atoms with E-state index >= 15 is 0 Å². The summed E-state index contributed by atoms with van der Waals surface area (Å²) in [6.45, 7) is 9.74. The largest absolute Gasteiger partial charge is 0.310 e. The normalized spacial score (nSPS) is 14.2. The molecular formula is C16H26N2O2. The van der Waals surface area contributed by atoms with Crippen molar-refractivity contribution >= 4 is 5.69 Å². The Kier molecular flexibility index (Phi) is 6.65. The Morgan fingerprint density at radius 2 is 2.00 bits per heavy atom. The quantitative estimate of drug-likeness (QED) is 0.569. The van der Waals surface area contributed by atoms with Crippen LogP contribution in [0.1, 0.15) is 52.1 Å². The van der Waals surface area contributed by atoms with Crippen molar-refractivity contribution in [1.29, 1.82) is 0 Å². The Hall–Kier alpha value is -1.42. The minimum absolute atomic E-state index is 0.169. The van der Waals surface area contributed by atoms with E-state index in [9.17, 15) is 10.1 Å². The fourth-order valence-electron chi connectivity index (χ4n) is 2.09. The highest BCUT2D eigenvalue weighted by Crippen LogP contribution is 2.23. The van der Waals surface area contributed by atoms with Crippen LogP contribution >= 0.6 is 0 Å². The number of hydrogen-bond donors (Lipinski definition) is 1. The topological polar surface area (TPSA) is 55.2 Å². The molecule has 4 nitrogen and oxygen atoms in total. The van der Waals surface area contributed by atoms with E-state index in [-0.39, 0.29) is 16.7 Å². The summed E-state index contributed by atoms with van der Waals surface area (Å²) >= 11 is 0. The molecule has 0 fully saturated rings. The van der Waals surface area contributed by atoms with Gasteiger partial charge in [0, 0.05) is 18.2 Å². The summed E-state index contributed by atoms with van der Waals surface area (Å²) < 4.78 is 0. The van der Waals surface area contributed by atoms with Gasteiger partial charge in [-0.2, -0.15) is 0 Å². The van der Waals surface area contributed by atoms with E-state index in [0.717, 1.165) is 24.9 Å². The second-order valence-corrected chi connectivity index (χ2v) is 5.82. The highest BCUT2D eigenvalue weighted by Gasteiger charge is 2.15. The van der Waals surface area contributed by atoms with Gasteiger partial charge >= 0.3 is 0 Å². The van der Waals surface area contributed by atoms with Crippen LogP contribution in [0.2, 0.25) is 0 Å². The van der Waals surface area contributed by atoms with Crippen LogP contribution in [0.15, 0.2) is 24.3 Å². The van der Waals surface area contributed by atoms with Gasteiger partial charge < -0.3 is 5.32 Å². The van der Waals surface area contributed by atoms with Gasteiger partial charge in [0.15, 0.2) is 0 Å². The first-order valence-corrected chi connectivity index (χ1v) is 7.43. The van der Waals surface area contributed by atoms with Crippen molar-refractivity contribution in [1.82, 2.24) is 5.32 Å². The van der Waals surface area contributed by atoms with E-state index in [0.29, 0.717) is 11.8 Å². The number of nitro benzene ring substituents is 1. The van der Waals surface area contributed by atoms with Gasteiger partial charge in [-0.25, -0.2) is 0 Å². The Labute approximate surface area is 121 Å². The molecule has 1 aromatic carbocycles. The van der Waals surface area contributed by atoms with Crippen LogP contribution in [0.25, 0.3) is 0 Å². The van der Waals surface area contributed by atoms with Gasteiger partial charge in [-0.15, -0.1) is 0 Å². The molecule has 20 heavy (non-hydrogen) atoms. The van der Waals surface area contributed by atoms with E-state index in [2.05, 4.69) is 33.0 Å². The predicted octanol–water partition coefficient (Wildman–Crippen LogP) is 4.32. The lowest BCUT2D eigenvalue weighted by molar-refractivity contribution is -0.384. The zero-order valence-corrected chi connectivity index (χ0v) is 12.9. The van der Waals surface area contributed by atoms with Gasteiger partial charge in [0.1, 0.15) is 0 Å². The molecular weight excluding hydrogens is 252 g/mol. The number of rotatable bonds is 8. The van der Waals surface area contributed by atoms with Crippen molar-refractivity contribution < 1.29 is 4.92 Å². The molecule has 1 rings (SSSR count). The minimum Gasteiger partial charge on any atom is -0.310 e. The van der Waals surface area contributed by atoms with Gasteiger partial charge in [0.2, 0.25) is 0 Å². The molecule has 4 heteroatoms. The molecule has 0 heterocycles. The third kappa shape index (κ3) is 4.93. The van der Waals surface area contributed by atoms with Gasteiger partial charge in [0.25, 0.3) is 5.69 Å². The van der Waals surface area contributed by atoms with Crippen molar-refractivity contribution in [2.24, 2.45) is 11.8 Å². The minimum atomic E-state index is -0.330. The lowest BCUT2D eigenvalue weighted by Crippen LogP contribution is -2.28. The Morgan fingerprint density at radius 3 is 2.55 bits per heavy atom. The highest BCUT2D eigenvalue weighted by atomic mass is 16.6. The maximum absolute atomic E-state index is 10.9. The van der Waals surface area contributed by atoms with Gasteiger partial charge in [-0.05, 0) is 30.4 Å². The smallest absolute Gasteiger partial charge is 0.269 e. The number of nitro groups is 1. The van der Waals surface area contributed by atoms with Gasteiger partial charge in [-0.3, -0.25) is 10.1 Å². The second-order valence-electron chi connectivity index (χ2n) is 5.82. The summed E-state index contributed by atoms with van der Waals surface area (Å²) in [5, 5.41) is 14.4. The maximum atomic E-state index is 10.9. The zero-order valence-electron chi connectivity index (χ0n) is 12.9. The molecule has 2 atom stereocenters. The third-order valence-corrected chi connectivity index (χ3v) is 3.89. The van der Waals surface area contributed by atoms with Crippen molar-refractivity contribution in [3.63, 3.8) is 0 Å². The molecule has 0 amide bonds. The maximum Gasteiger partial charge on any atom is 0.269 e. The van der Waals surface area contributed by atoms with Crippen molar-refractivity contribution in [2.75, 3.05) is 6.54 Å². The lowest BCUT2D eigenvalue weighted by Gasteiger charge is -2.23. The second kappa shape index (κ2) is 8.00.